The second-order valence-corrected chi connectivity index (χ2v) is 6.34. The van der Waals surface area contributed by atoms with Gasteiger partial charge in [0.15, 0.2) is 0 Å². The molecule has 4 nitrogen and oxygen atoms in total. The summed E-state index contributed by atoms with van der Waals surface area (Å²) in [7, 11) is 0. The Morgan fingerprint density at radius 3 is 3.05 bits per heavy atom. The third-order valence-corrected chi connectivity index (χ3v) is 4.55. The van der Waals surface area contributed by atoms with Crippen molar-refractivity contribution in [1.82, 2.24) is 9.97 Å². The molecule has 1 aliphatic carbocycles. The zero-order valence-corrected chi connectivity index (χ0v) is 12.6. The molecule has 1 aromatic rings. The van der Waals surface area contributed by atoms with E-state index in [1.165, 1.54) is 31.4 Å². The lowest BCUT2D eigenvalue weighted by Crippen LogP contribution is -2.29. The van der Waals surface area contributed by atoms with Gasteiger partial charge in [0.1, 0.15) is 12.1 Å². The maximum Gasteiger partial charge on any atom is 0.218 e. The smallest absolute Gasteiger partial charge is 0.218 e. The average Bonchev–Trinajstić information content (AvgIpc) is 2.40. The molecule has 0 spiro atoms. The minimum atomic E-state index is 0.530. The molecule has 0 bridgehead atoms. The maximum absolute atomic E-state index is 5.40. The Morgan fingerprint density at radius 1 is 1.37 bits per heavy atom. The summed E-state index contributed by atoms with van der Waals surface area (Å²) in [6.45, 7) is 4.83. The van der Waals surface area contributed by atoms with E-state index in [0.717, 1.165) is 11.1 Å². The van der Waals surface area contributed by atoms with E-state index in [9.17, 15) is 0 Å². The first-order valence-electron chi connectivity index (χ1n) is 7.14. The van der Waals surface area contributed by atoms with Crippen LogP contribution in [-0.4, -0.2) is 33.6 Å². The van der Waals surface area contributed by atoms with Gasteiger partial charge in [-0.3, -0.25) is 0 Å². The van der Waals surface area contributed by atoms with Crippen molar-refractivity contribution in [3.63, 3.8) is 0 Å². The highest BCUT2D eigenvalue weighted by Gasteiger charge is 2.22. The van der Waals surface area contributed by atoms with Crippen LogP contribution < -0.4 is 10.1 Å². The minimum absolute atomic E-state index is 0.530. The Morgan fingerprint density at radius 2 is 2.26 bits per heavy atom. The predicted octanol–water partition coefficient (Wildman–Crippen LogP) is 3.35. The number of thioether (sulfide) groups is 1. The van der Waals surface area contributed by atoms with Crippen molar-refractivity contribution in [3.05, 3.63) is 12.4 Å². The molecule has 0 radical (unpaired) electrons. The van der Waals surface area contributed by atoms with Crippen LogP contribution in [0.1, 0.15) is 39.5 Å². The Kier molecular flexibility index (Phi) is 5.76. The predicted molar refractivity (Wildman–Crippen MR) is 81.0 cm³/mol. The molecule has 0 aromatic carbocycles. The fourth-order valence-corrected chi connectivity index (χ4v) is 3.69. The van der Waals surface area contributed by atoms with Gasteiger partial charge in [-0.05, 0) is 31.9 Å². The Hall–Kier alpha value is -0.970. The van der Waals surface area contributed by atoms with Gasteiger partial charge in [-0.1, -0.05) is 13.3 Å². The molecule has 1 aliphatic rings. The van der Waals surface area contributed by atoms with Gasteiger partial charge in [0, 0.05) is 17.4 Å². The molecule has 0 amide bonds. The van der Waals surface area contributed by atoms with Crippen molar-refractivity contribution < 1.29 is 4.74 Å². The second kappa shape index (κ2) is 7.58. The molecule has 0 aliphatic heterocycles. The van der Waals surface area contributed by atoms with Crippen molar-refractivity contribution in [1.29, 1.82) is 0 Å². The van der Waals surface area contributed by atoms with Gasteiger partial charge in [-0.25, -0.2) is 9.97 Å². The number of nitrogens with one attached hydrogen (secondary N) is 1. The van der Waals surface area contributed by atoms with Crippen LogP contribution in [0.15, 0.2) is 12.4 Å². The van der Waals surface area contributed by atoms with Crippen LogP contribution in [-0.2, 0) is 0 Å². The Bertz CT molecular complexity index is 387. The van der Waals surface area contributed by atoms with Gasteiger partial charge in [0.2, 0.25) is 5.88 Å². The Balaban J connectivity index is 1.90. The van der Waals surface area contributed by atoms with Crippen LogP contribution in [0.3, 0.4) is 0 Å². The quantitative estimate of drug-likeness (QED) is 0.866. The van der Waals surface area contributed by atoms with E-state index >= 15 is 0 Å². The van der Waals surface area contributed by atoms with Crippen molar-refractivity contribution in [2.24, 2.45) is 0 Å². The third kappa shape index (κ3) is 4.56. The van der Waals surface area contributed by atoms with Crippen LogP contribution in [0, 0.1) is 0 Å². The summed E-state index contributed by atoms with van der Waals surface area (Å²) in [5, 5.41) is 4.32. The molecule has 1 fully saturated rings. The zero-order valence-electron chi connectivity index (χ0n) is 11.8. The SMILES string of the molecule is CCOc1cc(NC2CCCC(SCC)C2)ncn1. The number of nitrogens with zero attached hydrogens (tertiary/aromatic N) is 2. The summed E-state index contributed by atoms with van der Waals surface area (Å²) < 4.78 is 5.40. The average molecular weight is 281 g/mol. The first-order chi connectivity index (χ1) is 9.31. The summed E-state index contributed by atoms with van der Waals surface area (Å²) in [4.78, 5) is 8.37. The van der Waals surface area contributed by atoms with Gasteiger partial charge < -0.3 is 10.1 Å². The van der Waals surface area contributed by atoms with Gasteiger partial charge in [0.05, 0.1) is 6.61 Å². The van der Waals surface area contributed by atoms with Gasteiger partial charge >= 0.3 is 0 Å². The van der Waals surface area contributed by atoms with Crippen molar-refractivity contribution in [3.8, 4) is 5.88 Å². The number of aromatic nitrogens is 2. The highest BCUT2D eigenvalue weighted by atomic mass is 32.2. The first kappa shape index (κ1) is 14.4. The Labute approximate surface area is 119 Å². The molecule has 106 valence electrons. The minimum Gasteiger partial charge on any atom is -0.478 e. The summed E-state index contributed by atoms with van der Waals surface area (Å²) in [5.74, 6) is 2.74. The monoisotopic (exact) mass is 281 g/mol. The highest BCUT2D eigenvalue weighted by Crippen LogP contribution is 2.30. The van der Waals surface area contributed by atoms with E-state index in [-0.39, 0.29) is 0 Å². The lowest BCUT2D eigenvalue weighted by Gasteiger charge is -2.29. The van der Waals surface area contributed by atoms with Gasteiger partial charge in [-0.15, -0.1) is 0 Å². The molecule has 2 rings (SSSR count). The molecule has 0 saturated heterocycles. The molecule has 5 heteroatoms. The van der Waals surface area contributed by atoms with Crippen LogP contribution in [0.2, 0.25) is 0 Å². The van der Waals surface area contributed by atoms with E-state index in [1.807, 2.05) is 13.0 Å². The molecule has 1 N–H and O–H groups in total. The van der Waals surface area contributed by atoms with Crippen LogP contribution in [0.4, 0.5) is 5.82 Å². The summed E-state index contributed by atoms with van der Waals surface area (Å²) in [6.07, 6.45) is 6.68. The molecular weight excluding hydrogens is 258 g/mol. The van der Waals surface area contributed by atoms with Gasteiger partial charge in [-0.2, -0.15) is 11.8 Å². The van der Waals surface area contributed by atoms with E-state index in [4.69, 9.17) is 4.74 Å². The fraction of sp³-hybridized carbons (Fsp3) is 0.714. The van der Waals surface area contributed by atoms with Gasteiger partial charge in [0.25, 0.3) is 0 Å². The third-order valence-electron chi connectivity index (χ3n) is 3.31. The van der Waals surface area contributed by atoms with Crippen molar-refractivity contribution in [2.45, 2.75) is 50.8 Å². The summed E-state index contributed by atoms with van der Waals surface area (Å²) >= 11 is 2.08. The van der Waals surface area contributed by atoms with Crippen LogP contribution >= 0.6 is 11.8 Å². The number of hydrogen-bond acceptors (Lipinski definition) is 5. The van der Waals surface area contributed by atoms with E-state index < -0.39 is 0 Å². The molecule has 2 atom stereocenters. The lowest BCUT2D eigenvalue weighted by molar-refractivity contribution is 0.326. The highest BCUT2D eigenvalue weighted by molar-refractivity contribution is 7.99. The maximum atomic E-state index is 5.40. The number of rotatable bonds is 6. The van der Waals surface area contributed by atoms with Crippen molar-refractivity contribution >= 4 is 17.6 Å². The summed E-state index contributed by atoms with van der Waals surface area (Å²) in [5.41, 5.74) is 0. The van der Waals surface area contributed by atoms with Crippen LogP contribution in [0.25, 0.3) is 0 Å². The first-order valence-corrected chi connectivity index (χ1v) is 8.19. The molecular formula is C14H23N3OS. The fourth-order valence-electron chi connectivity index (χ4n) is 2.52. The van der Waals surface area contributed by atoms with E-state index in [0.29, 0.717) is 18.5 Å². The molecule has 1 saturated carbocycles. The molecule has 1 heterocycles. The van der Waals surface area contributed by atoms with E-state index in [1.54, 1.807) is 6.33 Å². The normalized spacial score (nSPS) is 23.1. The second-order valence-electron chi connectivity index (χ2n) is 4.76. The summed E-state index contributed by atoms with van der Waals surface area (Å²) in [6, 6.07) is 2.42. The number of anilines is 1. The molecule has 2 unspecified atom stereocenters. The largest absolute Gasteiger partial charge is 0.478 e. The lowest BCUT2D eigenvalue weighted by atomic mass is 9.95. The topological polar surface area (TPSA) is 47.0 Å². The zero-order chi connectivity index (χ0) is 13.5. The van der Waals surface area contributed by atoms with Crippen molar-refractivity contribution in [2.75, 3.05) is 17.7 Å². The molecule has 19 heavy (non-hydrogen) atoms. The standard InChI is InChI=1S/C14H23N3OS/c1-3-18-14-9-13(15-10-16-14)17-11-6-5-7-12(8-11)19-4-2/h9-12H,3-8H2,1-2H3,(H,15,16,17). The van der Waals surface area contributed by atoms with Crippen LogP contribution in [0.5, 0.6) is 5.88 Å². The number of ether oxygens (including phenoxy) is 1. The number of hydrogen-bond donors (Lipinski definition) is 1. The van der Waals surface area contributed by atoms with E-state index in [2.05, 4.69) is 34.0 Å². The molecule has 1 aromatic heterocycles.